The van der Waals surface area contributed by atoms with Crippen molar-refractivity contribution in [2.24, 2.45) is 5.92 Å². The van der Waals surface area contributed by atoms with E-state index in [0.717, 1.165) is 51.9 Å². The molecule has 2 unspecified atom stereocenters. The summed E-state index contributed by atoms with van der Waals surface area (Å²) in [5, 5.41) is 3.51. The van der Waals surface area contributed by atoms with E-state index in [-0.39, 0.29) is 0 Å². The minimum Gasteiger partial charge on any atom is -0.379 e. The smallest absolute Gasteiger partial charge is 0.0725 e. The number of nitrogens with one attached hydrogen (secondary N) is 1. The van der Waals surface area contributed by atoms with E-state index >= 15 is 0 Å². The Balaban J connectivity index is 1.45. The highest BCUT2D eigenvalue weighted by molar-refractivity contribution is 4.74. The number of hydrogen-bond donors (Lipinski definition) is 1. The number of nitrogens with zero attached hydrogens (tertiary/aromatic N) is 1. The molecule has 17 heavy (non-hydrogen) atoms. The largest absolute Gasteiger partial charge is 0.379 e. The van der Waals surface area contributed by atoms with Crippen LogP contribution < -0.4 is 5.32 Å². The first-order valence-corrected chi connectivity index (χ1v) is 6.98. The average molecular weight is 242 g/mol. The predicted octanol–water partition coefficient (Wildman–Crippen LogP) is 0.723. The van der Waals surface area contributed by atoms with Crippen LogP contribution in [-0.4, -0.2) is 63.5 Å². The van der Waals surface area contributed by atoms with E-state index in [1.807, 2.05) is 0 Å². The molecule has 2 atom stereocenters. The zero-order chi connectivity index (χ0) is 11.9. The molecule has 2 saturated heterocycles. The Labute approximate surface area is 105 Å². The van der Waals surface area contributed by atoms with Crippen molar-refractivity contribution in [2.45, 2.75) is 25.9 Å². The van der Waals surface area contributed by atoms with Crippen LogP contribution in [0.15, 0.2) is 0 Å². The lowest BCUT2D eigenvalue weighted by Gasteiger charge is -2.26. The molecule has 0 aromatic heterocycles. The van der Waals surface area contributed by atoms with E-state index in [1.165, 1.54) is 19.4 Å². The molecule has 0 amide bonds. The Morgan fingerprint density at radius 3 is 2.76 bits per heavy atom. The summed E-state index contributed by atoms with van der Waals surface area (Å²) in [4.78, 5) is 2.49. The molecule has 0 bridgehead atoms. The first kappa shape index (κ1) is 13.3. The van der Waals surface area contributed by atoms with Gasteiger partial charge < -0.3 is 14.8 Å². The van der Waals surface area contributed by atoms with Gasteiger partial charge in [0.2, 0.25) is 0 Å². The maximum absolute atomic E-state index is 5.67. The minimum atomic E-state index is 0.443. The topological polar surface area (TPSA) is 33.7 Å². The summed E-state index contributed by atoms with van der Waals surface area (Å²) in [6, 6.07) is 0. The van der Waals surface area contributed by atoms with E-state index in [1.54, 1.807) is 0 Å². The lowest BCUT2D eigenvalue weighted by molar-refractivity contribution is 0.0372. The van der Waals surface area contributed by atoms with Crippen LogP contribution in [0.2, 0.25) is 0 Å². The van der Waals surface area contributed by atoms with Crippen LogP contribution in [0.4, 0.5) is 0 Å². The molecule has 0 aromatic carbocycles. The Kier molecular flexibility index (Phi) is 5.71. The molecule has 2 fully saturated rings. The third-order valence-corrected chi connectivity index (χ3v) is 3.82. The van der Waals surface area contributed by atoms with Crippen molar-refractivity contribution < 1.29 is 9.47 Å². The zero-order valence-electron chi connectivity index (χ0n) is 11.0. The summed E-state index contributed by atoms with van der Waals surface area (Å²) in [6.07, 6.45) is 2.89. The molecule has 2 aliphatic rings. The maximum Gasteiger partial charge on any atom is 0.0725 e. The molecule has 2 heterocycles. The normalized spacial score (nSPS) is 30.9. The van der Waals surface area contributed by atoms with Gasteiger partial charge in [0.25, 0.3) is 0 Å². The highest BCUT2D eigenvalue weighted by atomic mass is 16.5. The monoisotopic (exact) mass is 242 g/mol. The first-order valence-electron chi connectivity index (χ1n) is 6.98. The van der Waals surface area contributed by atoms with Crippen LogP contribution in [0, 0.1) is 5.92 Å². The van der Waals surface area contributed by atoms with Gasteiger partial charge in [-0.2, -0.15) is 0 Å². The van der Waals surface area contributed by atoms with Gasteiger partial charge in [-0.25, -0.2) is 0 Å². The zero-order valence-corrected chi connectivity index (χ0v) is 11.0. The number of morpholine rings is 1. The molecular formula is C13H26N2O2. The Hall–Kier alpha value is -0.160. The van der Waals surface area contributed by atoms with E-state index in [2.05, 4.69) is 17.1 Å². The molecule has 0 aliphatic carbocycles. The fourth-order valence-corrected chi connectivity index (χ4v) is 2.51. The van der Waals surface area contributed by atoms with Crippen molar-refractivity contribution in [1.82, 2.24) is 10.2 Å². The highest BCUT2D eigenvalue weighted by Gasteiger charge is 2.23. The van der Waals surface area contributed by atoms with E-state index in [4.69, 9.17) is 9.47 Å². The molecule has 0 saturated carbocycles. The van der Waals surface area contributed by atoms with Crippen molar-refractivity contribution in [1.29, 1.82) is 0 Å². The average Bonchev–Trinajstić information content (AvgIpc) is 2.76. The summed E-state index contributed by atoms with van der Waals surface area (Å²) in [6.45, 7) is 10.5. The van der Waals surface area contributed by atoms with Gasteiger partial charge in [0, 0.05) is 26.2 Å². The Morgan fingerprint density at radius 2 is 2.06 bits per heavy atom. The Bertz CT molecular complexity index is 208. The van der Waals surface area contributed by atoms with Crippen LogP contribution in [0.5, 0.6) is 0 Å². The maximum atomic E-state index is 5.67. The van der Waals surface area contributed by atoms with Gasteiger partial charge in [-0.3, -0.25) is 4.90 Å². The molecule has 0 radical (unpaired) electrons. The summed E-state index contributed by atoms with van der Waals surface area (Å²) < 4.78 is 11.0. The van der Waals surface area contributed by atoms with Crippen molar-refractivity contribution >= 4 is 0 Å². The number of hydrogen-bond acceptors (Lipinski definition) is 4. The molecule has 4 heteroatoms. The summed E-state index contributed by atoms with van der Waals surface area (Å²) in [5.74, 6) is 0.724. The molecule has 4 nitrogen and oxygen atoms in total. The van der Waals surface area contributed by atoms with Gasteiger partial charge in [0.15, 0.2) is 0 Å². The summed E-state index contributed by atoms with van der Waals surface area (Å²) in [5.41, 5.74) is 0. The van der Waals surface area contributed by atoms with E-state index in [0.29, 0.717) is 6.10 Å². The van der Waals surface area contributed by atoms with Crippen LogP contribution in [0.1, 0.15) is 19.8 Å². The van der Waals surface area contributed by atoms with E-state index in [9.17, 15) is 0 Å². The Morgan fingerprint density at radius 1 is 1.24 bits per heavy atom. The van der Waals surface area contributed by atoms with Crippen LogP contribution in [0.25, 0.3) is 0 Å². The van der Waals surface area contributed by atoms with Gasteiger partial charge in [-0.05, 0) is 31.8 Å². The second kappa shape index (κ2) is 7.31. The minimum absolute atomic E-state index is 0.443. The quantitative estimate of drug-likeness (QED) is 0.696. The molecule has 2 rings (SSSR count). The van der Waals surface area contributed by atoms with Gasteiger partial charge in [0.05, 0.1) is 19.3 Å². The number of ether oxygens (including phenoxy) is 2. The molecule has 2 aliphatic heterocycles. The highest BCUT2D eigenvalue weighted by Crippen LogP contribution is 2.18. The lowest BCUT2D eigenvalue weighted by Crippen LogP contribution is -2.38. The fraction of sp³-hybridized carbons (Fsp3) is 1.00. The molecule has 0 spiro atoms. The SMILES string of the molecule is CC1CCOC1CNCCCN1CCOCC1. The predicted molar refractivity (Wildman–Crippen MR) is 68.3 cm³/mol. The van der Waals surface area contributed by atoms with Gasteiger partial charge in [-0.15, -0.1) is 0 Å². The molecule has 0 aromatic rings. The van der Waals surface area contributed by atoms with Gasteiger partial charge >= 0.3 is 0 Å². The second-order valence-corrected chi connectivity index (χ2v) is 5.19. The van der Waals surface area contributed by atoms with Crippen molar-refractivity contribution in [3.05, 3.63) is 0 Å². The fourth-order valence-electron chi connectivity index (χ4n) is 2.51. The van der Waals surface area contributed by atoms with Crippen molar-refractivity contribution in [2.75, 3.05) is 52.5 Å². The molecule has 100 valence electrons. The lowest BCUT2D eigenvalue weighted by atomic mass is 10.0. The summed E-state index contributed by atoms with van der Waals surface area (Å²) >= 11 is 0. The number of rotatable bonds is 6. The van der Waals surface area contributed by atoms with Crippen LogP contribution >= 0.6 is 0 Å². The standard InChI is InChI=1S/C13H26N2O2/c1-12-3-8-17-13(12)11-14-4-2-5-15-6-9-16-10-7-15/h12-14H,2-11H2,1H3. The third-order valence-electron chi connectivity index (χ3n) is 3.82. The van der Waals surface area contributed by atoms with Gasteiger partial charge in [0.1, 0.15) is 0 Å². The van der Waals surface area contributed by atoms with Crippen LogP contribution in [0.3, 0.4) is 0 Å². The second-order valence-electron chi connectivity index (χ2n) is 5.19. The molecule has 1 N–H and O–H groups in total. The first-order chi connectivity index (χ1) is 8.36. The summed E-state index contributed by atoms with van der Waals surface area (Å²) in [7, 11) is 0. The van der Waals surface area contributed by atoms with Crippen molar-refractivity contribution in [3.63, 3.8) is 0 Å². The van der Waals surface area contributed by atoms with Gasteiger partial charge in [-0.1, -0.05) is 6.92 Å². The van der Waals surface area contributed by atoms with Crippen molar-refractivity contribution in [3.8, 4) is 0 Å². The third kappa shape index (κ3) is 4.54. The van der Waals surface area contributed by atoms with E-state index < -0.39 is 0 Å². The van der Waals surface area contributed by atoms with Crippen LogP contribution in [-0.2, 0) is 9.47 Å². The molecular weight excluding hydrogens is 216 g/mol.